The second-order valence-corrected chi connectivity index (χ2v) is 5.08. The number of benzene rings is 1. The molecule has 114 valence electrons. The van der Waals surface area contributed by atoms with Gasteiger partial charge < -0.3 is 15.4 Å². The van der Waals surface area contributed by atoms with Gasteiger partial charge >= 0.3 is 0 Å². The first-order valence-corrected chi connectivity index (χ1v) is 6.57. The van der Waals surface area contributed by atoms with Gasteiger partial charge in [-0.3, -0.25) is 9.59 Å². The number of carbonyl (C=O) groups excluding carboxylic acids is 2. The average molecular weight is 319 g/mol. The SMILES string of the molecule is C[C@H]1OCCN(C(=O)c2cc(F)c(F)cc2Cl)[C@@H]1C(N)=O. The second-order valence-electron chi connectivity index (χ2n) is 4.67. The molecule has 5 nitrogen and oxygen atoms in total. The van der Waals surface area contributed by atoms with Crippen LogP contribution in [-0.2, 0) is 9.53 Å². The monoisotopic (exact) mass is 318 g/mol. The Labute approximate surface area is 124 Å². The van der Waals surface area contributed by atoms with Crippen LogP contribution in [0.4, 0.5) is 8.78 Å². The lowest BCUT2D eigenvalue weighted by atomic mass is 10.1. The van der Waals surface area contributed by atoms with Crippen LogP contribution >= 0.6 is 11.6 Å². The third-order valence-electron chi connectivity index (χ3n) is 3.29. The highest BCUT2D eigenvalue weighted by atomic mass is 35.5. The Morgan fingerprint density at radius 1 is 1.38 bits per heavy atom. The van der Waals surface area contributed by atoms with Crippen molar-refractivity contribution >= 4 is 23.4 Å². The maximum absolute atomic E-state index is 13.3. The predicted molar refractivity (Wildman–Crippen MR) is 70.8 cm³/mol. The molecule has 0 bridgehead atoms. The van der Waals surface area contributed by atoms with Crippen LogP contribution in [0.5, 0.6) is 0 Å². The number of morpholine rings is 1. The van der Waals surface area contributed by atoms with E-state index in [2.05, 4.69) is 0 Å². The Kier molecular flexibility index (Phi) is 4.43. The van der Waals surface area contributed by atoms with Crippen LogP contribution in [-0.4, -0.2) is 42.0 Å². The summed E-state index contributed by atoms with van der Waals surface area (Å²) in [5.41, 5.74) is 5.05. The van der Waals surface area contributed by atoms with Crippen molar-refractivity contribution in [3.05, 3.63) is 34.4 Å². The number of hydrogen-bond donors (Lipinski definition) is 1. The van der Waals surface area contributed by atoms with Gasteiger partial charge in [0, 0.05) is 6.54 Å². The molecule has 0 aliphatic carbocycles. The van der Waals surface area contributed by atoms with Crippen molar-refractivity contribution in [1.29, 1.82) is 0 Å². The average Bonchev–Trinajstić information content (AvgIpc) is 2.41. The normalized spacial score (nSPS) is 22.2. The summed E-state index contributed by atoms with van der Waals surface area (Å²) in [6.07, 6.45) is -0.593. The number of nitrogens with zero attached hydrogens (tertiary/aromatic N) is 1. The maximum Gasteiger partial charge on any atom is 0.256 e. The highest BCUT2D eigenvalue weighted by Gasteiger charge is 2.37. The summed E-state index contributed by atoms with van der Waals surface area (Å²) in [7, 11) is 0. The smallest absolute Gasteiger partial charge is 0.256 e. The fourth-order valence-electron chi connectivity index (χ4n) is 2.27. The molecule has 2 amide bonds. The van der Waals surface area contributed by atoms with Gasteiger partial charge in [0.2, 0.25) is 5.91 Å². The lowest BCUT2D eigenvalue weighted by Gasteiger charge is -2.38. The summed E-state index contributed by atoms with van der Waals surface area (Å²) < 4.78 is 31.6. The first kappa shape index (κ1) is 15.7. The molecular weight excluding hydrogens is 306 g/mol. The molecule has 8 heteroatoms. The Hall–Kier alpha value is -1.73. The van der Waals surface area contributed by atoms with E-state index < -0.39 is 35.6 Å². The Balaban J connectivity index is 2.38. The van der Waals surface area contributed by atoms with Gasteiger partial charge in [0.25, 0.3) is 5.91 Å². The lowest BCUT2D eigenvalue weighted by Crippen LogP contribution is -2.58. The van der Waals surface area contributed by atoms with Crippen LogP contribution in [0, 0.1) is 11.6 Å². The van der Waals surface area contributed by atoms with E-state index in [0.29, 0.717) is 12.1 Å². The quantitative estimate of drug-likeness (QED) is 0.836. The van der Waals surface area contributed by atoms with Gasteiger partial charge in [-0.15, -0.1) is 0 Å². The van der Waals surface area contributed by atoms with Gasteiger partial charge in [-0.1, -0.05) is 11.6 Å². The number of hydrogen-bond acceptors (Lipinski definition) is 3. The van der Waals surface area contributed by atoms with E-state index in [0.717, 1.165) is 4.90 Å². The second kappa shape index (κ2) is 5.95. The molecule has 1 fully saturated rings. The van der Waals surface area contributed by atoms with Crippen LogP contribution in [0.25, 0.3) is 0 Å². The summed E-state index contributed by atoms with van der Waals surface area (Å²) in [5, 5.41) is -0.235. The van der Waals surface area contributed by atoms with Crippen LogP contribution in [0.3, 0.4) is 0 Å². The maximum atomic E-state index is 13.3. The van der Waals surface area contributed by atoms with Crippen molar-refractivity contribution in [2.24, 2.45) is 5.73 Å². The Bertz CT molecular complexity index is 597. The van der Waals surface area contributed by atoms with Crippen molar-refractivity contribution in [1.82, 2.24) is 4.90 Å². The minimum absolute atomic E-state index is 0.103. The molecule has 2 rings (SSSR count). The minimum atomic E-state index is -1.19. The van der Waals surface area contributed by atoms with Crippen molar-refractivity contribution in [2.45, 2.75) is 19.1 Å². The fourth-order valence-corrected chi connectivity index (χ4v) is 2.51. The van der Waals surface area contributed by atoms with E-state index in [1.54, 1.807) is 6.92 Å². The molecule has 0 spiro atoms. The number of nitrogens with two attached hydrogens (primary N) is 1. The zero-order valence-electron chi connectivity index (χ0n) is 11.1. The van der Waals surface area contributed by atoms with E-state index >= 15 is 0 Å². The summed E-state index contributed by atoms with van der Waals surface area (Å²) in [4.78, 5) is 25.1. The molecule has 2 N–H and O–H groups in total. The Morgan fingerprint density at radius 2 is 2.00 bits per heavy atom. The third kappa shape index (κ3) is 2.98. The van der Waals surface area contributed by atoms with Gasteiger partial charge in [0.15, 0.2) is 11.6 Å². The molecule has 1 aromatic rings. The number of rotatable bonds is 2. The highest BCUT2D eigenvalue weighted by molar-refractivity contribution is 6.33. The number of amides is 2. The molecule has 0 unspecified atom stereocenters. The van der Waals surface area contributed by atoms with E-state index in [-0.39, 0.29) is 23.7 Å². The van der Waals surface area contributed by atoms with Gasteiger partial charge in [-0.25, -0.2) is 8.78 Å². The van der Waals surface area contributed by atoms with Gasteiger partial charge in [0.1, 0.15) is 6.04 Å². The van der Waals surface area contributed by atoms with Crippen molar-refractivity contribution < 1.29 is 23.1 Å². The van der Waals surface area contributed by atoms with Gasteiger partial charge in [-0.05, 0) is 19.1 Å². The molecule has 1 heterocycles. The van der Waals surface area contributed by atoms with Gasteiger partial charge in [-0.2, -0.15) is 0 Å². The first-order valence-electron chi connectivity index (χ1n) is 6.19. The van der Waals surface area contributed by atoms with E-state index in [1.165, 1.54) is 0 Å². The number of primary amides is 1. The van der Waals surface area contributed by atoms with Crippen LogP contribution < -0.4 is 5.73 Å². The van der Waals surface area contributed by atoms with E-state index in [4.69, 9.17) is 22.1 Å². The van der Waals surface area contributed by atoms with Crippen molar-refractivity contribution in [2.75, 3.05) is 13.2 Å². The van der Waals surface area contributed by atoms with Crippen LogP contribution in [0.15, 0.2) is 12.1 Å². The fraction of sp³-hybridized carbons (Fsp3) is 0.385. The predicted octanol–water partition coefficient (Wildman–Crippen LogP) is 1.33. The number of ether oxygens (including phenoxy) is 1. The Morgan fingerprint density at radius 3 is 2.62 bits per heavy atom. The first-order chi connectivity index (χ1) is 9.82. The van der Waals surface area contributed by atoms with Gasteiger partial charge in [0.05, 0.1) is 23.3 Å². The largest absolute Gasteiger partial charge is 0.374 e. The summed E-state index contributed by atoms with van der Waals surface area (Å²) in [6.45, 7) is 1.91. The third-order valence-corrected chi connectivity index (χ3v) is 3.60. The molecule has 1 saturated heterocycles. The number of carbonyl (C=O) groups is 2. The molecule has 21 heavy (non-hydrogen) atoms. The number of halogens is 3. The molecule has 1 aliphatic heterocycles. The van der Waals surface area contributed by atoms with E-state index in [1.807, 2.05) is 0 Å². The molecule has 2 atom stereocenters. The standard InChI is InChI=1S/C13H13ClF2N2O3/c1-6-11(12(17)19)18(2-3-21-6)13(20)7-4-9(15)10(16)5-8(7)14/h4-6,11H,2-3H2,1H3,(H2,17,19)/t6-,11+/m1/s1. The zero-order valence-corrected chi connectivity index (χ0v) is 11.9. The van der Waals surface area contributed by atoms with E-state index in [9.17, 15) is 18.4 Å². The van der Waals surface area contributed by atoms with Crippen LogP contribution in [0.1, 0.15) is 17.3 Å². The zero-order chi connectivity index (χ0) is 15.7. The molecule has 1 aromatic carbocycles. The minimum Gasteiger partial charge on any atom is -0.374 e. The molecule has 0 saturated carbocycles. The summed E-state index contributed by atoms with van der Waals surface area (Å²) >= 11 is 5.78. The van der Waals surface area contributed by atoms with Crippen LogP contribution in [0.2, 0.25) is 5.02 Å². The lowest BCUT2D eigenvalue weighted by molar-refractivity contribution is -0.132. The highest BCUT2D eigenvalue weighted by Crippen LogP contribution is 2.24. The van der Waals surface area contributed by atoms with Crippen molar-refractivity contribution in [3.8, 4) is 0 Å². The summed E-state index contributed by atoms with van der Waals surface area (Å²) in [6, 6.07) is 0.432. The summed E-state index contributed by atoms with van der Waals surface area (Å²) in [5.74, 6) is -3.79. The molecule has 1 aliphatic rings. The molecule has 0 aromatic heterocycles. The molecular formula is C13H13ClF2N2O3. The van der Waals surface area contributed by atoms with Crippen molar-refractivity contribution in [3.63, 3.8) is 0 Å². The molecule has 0 radical (unpaired) electrons. The topological polar surface area (TPSA) is 72.6 Å².